The smallest absolute Gasteiger partial charge is 0.398 e. The van der Waals surface area contributed by atoms with Crippen LogP contribution >= 0.6 is 0 Å². The molecule has 0 unspecified atom stereocenters. The second kappa shape index (κ2) is 4.68. The number of benzene rings is 1. The standard InChI is InChI=1S/C13H11F3N2/c14-13(15,16)11-3-4-12(17)10(7-11)6-9-2-1-5-18-8-9/h1-5,7-8H,6,17H2. The first-order valence-electron chi connectivity index (χ1n) is 5.31. The van der Waals surface area contributed by atoms with Gasteiger partial charge in [-0.2, -0.15) is 13.2 Å². The second-order valence-corrected chi connectivity index (χ2v) is 3.95. The van der Waals surface area contributed by atoms with Crippen LogP contribution in [0.5, 0.6) is 0 Å². The first-order chi connectivity index (χ1) is 8.47. The highest BCUT2D eigenvalue weighted by Crippen LogP contribution is 2.31. The van der Waals surface area contributed by atoms with Gasteiger partial charge in [0.15, 0.2) is 0 Å². The van der Waals surface area contributed by atoms with Crippen molar-refractivity contribution >= 4 is 5.69 Å². The summed E-state index contributed by atoms with van der Waals surface area (Å²) in [6.45, 7) is 0. The van der Waals surface area contributed by atoms with Crippen molar-refractivity contribution in [2.75, 3.05) is 5.73 Å². The molecule has 0 bridgehead atoms. The molecular formula is C13H11F3N2. The van der Waals surface area contributed by atoms with Crippen molar-refractivity contribution in [2.24, 2.45) is 0 Å². The summed E-state index contributed by atoms with van der Waals surface area (Å²) in [7, 11) is 0. The van der Waals surface area contributed by atoms with E-state index in [1.54, 1.807) is 24.5 Å². The number of nitrogen functional groups attached to an aromatic ring is 1. The van der Waals surface area contributed by atoms with Crippen LogP contribution in [-0.2, 0) is 12.6 Å². The van der Waals surface area contributed by atoms with E-state index in [0.717, 1.165) is 17.7 Å². The lowest BCUT2D eigenvalue weighted by Crippen LogP contribution is -2.07. The first-order valence-corrected chi connectivity index (χ1v) is 5.31. The van der Waals surface area contributed by atoms with Gasteiger partial charge in [0.1, 0.15) is 0 Å². The highest BCUT2D eigenvalue weighted by Gasteiger charge is 2.30. The zero-order valence-corrected chi connectivity index (χ0v) is 9.41. The molecule has 0 saturated carbocycles. The maximum absolute atomic E-state index is 12.6. The average molecular weight is 252 g/mol. The Balaban J connectivity index is 2.33. The second-order valence-electron chi connectivity index (χ2n) is 3.95. The van der Waals surface area contributed by atoms with Gasteiger partial charge in [-0.1, -0.05) is 6.07 Å². The van der Waals surface area contributed by atoms with E-state index in [-0.39, 0.29) is 0 Å². The number of halogens is 3. The molecule has 5 heteroatoms. The largest absolute Gasteiger partial charge is 0.416 e. The van der Waals surface area contributed by atoms with Crippen molar-refractivity contribution in [2.45, 2.75) is 12.6 Å². The Hall–Kier alpha value is -2.04. The van der Waals surface area contributed by atoms with E-state index in [2.05, 4.69) is 4.98 Å². The molecule has 0 aliphatic carbocycles. The van der Waals surface area contributed by atoms with Gasteiger partial charge in [0.05, 0.1) is 5.56 Å². The van der Waals surface area contributed by atoms with Crippen molar-refractivity contribution in [3.8, 4) is 0 Å². The van der Waals surface area contributed by atoms with Crippen LogP contribution in [0, 0.1) is 0 Å². The highest BCUT2D eigenvalue weighted by atomic mass is 19.4. The van der Waals surface area contributed by atoms with Gasteiger partial charge < -0.3 is 5.73 Å². The molecule has 2 rings (SSSR count). The Morgan fingerprint density at radius 1 is 1.17 bits per heavy atom. The molecule has 94 valence electrons. The number of hydrogen-bond acceptors (Lipinski definition) is 2. The molecule has 2 N–H and O–H groups in total. The van der Waals surface area contributed by atoms with Crippen LogP contribution in [0.3, 0.4) is 0 Å². The van der Waals surface area contributed by atoms with E-state index >= 15 is 0 Å². The van der Waals surface area contributed by atoms with Gasteiger partial charge in [-0.25, -0.2) is 0 Å². The zero-order valence-electron chi connectivity index (χ0n) is 9.41. The van der Waals surface area contributed by atoms with E-state index in [9.17, 15) is 13.2 Å². The van der Waals surface area contributed by atoms with Gasteiger partial charge in [-0.15, -0.1) is 0 Å². The van der Waals surface area contributed by atoms with Crippen molar-refractivity contribution in [1.82, 2.24) is 4.98 Å². The van der Waals surface area contributed by atoms with Crippen molar-refractivity contribution in [3.05, 3.63) is 59.4 Å². The quantitative estimate of drug-likeness (QED) is 0.833. The summed E-state index contributed by atoms with van der Waals surface area (Å²) >= 11 is 0. The Morgan fingerprint density at radius 3 is 2.56 bits per heavy atom. The Bertz CT molecular complexity index is 536. The Morgan fingerprint density at radius 2 is 1.94 bits per heavy atom. The summed E-state index contributed by atoms with van der Waals surface area (Å²) in [5, 5.41) is 0. The van der Waals surface area contributed by atoms with Gasteiger partial charge in [0.25, 0.3) is 0 Å². The number of alkyl halides is 3. The molecule has 2 aromatic rings. The molecule has 0 aliphatic rings. The molecule has 1 heterocycles. The number of nitrogens with zero attached hydrogens (tertiary/aromatic N) is 1. The average Bonchev–Trinajstić information content (AvgIpc) is 2.32. The van der Waals surface area contributed by atoms with Gasteiger partial charge in [0.2, 0.25) is 0 Å². The lowest BCUT2D eigenvalue weighted by molar-refractivity contribution is -0.137. The normalized spacial score (nSPS) is 11.5. The Kier molecular flexibility index (Phi) is 3.23. The van der Waals surface area contributed by atoms with Crippen molar-refractivity contribution in [3.63, 3.8) is 0 Å². The van der Waals surface area contributed by atoms with Crippen LogP contribution in [-0.4, -0.2) is 4.98 Å². The molecule has 18 heavy (non-hydrogen) atoms. The number of nitrogens with two attached hydrogens (primary N) is 1. The molecule has 0 saturated heterocycles. The number of hydrogen-bond donors (Lipinski definition) is 1. The minimum absolute atomic E-state index is 0.337. The maximum Gasteiger partial charge on any atom is 0.416 e. The third kappa shape index (κ3) is 2.80. The van der Waals surface area contributed by atoms with Gasteiger partial charge in [-0.3, -0.25) is 4.98 Å². The van der Waals surface area contributed by atoms with Crippen LogP contribution < -0.4 is 5.73 Å². The molecule has 0 atom stereocenters. The summed E-state index contributed by atoms with van der Waals surface area (Å²) in [6.07, 6.45) is -0.792. The molecule has 2 nitrogen and oxygen atoms in total. The molecule has 0 spiro atoms. The van der Waals surface area contributed by atoms with E-state index in [4.69, 9.17) is 5.73 Å². The highest BCUT2D eigenvalue weighted by molar-refractivity contribution is 5.50. The molecule has 0 amide bonds. The Labute approximate surface area is 102 Å². The number of anilines is 1. The predicted octanol–water partition coefficient (Wildman–Crippen LogP) is 3.27. The fourth-order valence-corrected chi connectivity index (χ4v) is 1.66. The maximum atomic E-state index is 12.6. The van der Waals surface area contributed by atoms with E-state index in [0.29, 0.717) is 17.7 Å². The summed E-state index contributed by atoms with van der Waals surface area (Å²) in [4.78, 5) is 3.92. The molecule has 0 fully saturated rings. The SMILES string of the molecule is Nc1ccc(C(F)(F)F)cc1Cc1cccnc1. The zero-order chi connectivity index (χ0) is 13.2. The molecule has 0 radical (unpaired) electrons. The molecule has 0 aliphatic heterocycles. The fraction of sp³-hybridized carbons (Fsp3) is 0.154. The first kappa shape index (κ1) is 12.4. The fourth-order valence-electron chi connectivity index (χ4n) is 1.66. The third-order valence-electron chi connectivity index (χ3n) is 2.59. The third-order valence-corrected chi connectivity index (χ3v) is 2.59. The van der Waals surface area contributed by atoms with E-state index in [1.165, 1.54) is 6.07 Å². The van der Waals surface area contributed by atoms with Crippen LogP contribution in [0.1, 0.15) is 16.7 Å². The van der Waals surface area contributed by atoms with E-state index < -0.39 is 11.7 Å². The minimum Gasteiger partial charge on any atom is -0.398 e. The monoisotopic (exact) mass is 252 g/mol. The van der Waals surface area contributed by atoms with Crippen LogP contribution in [0.2, 0.25) is 0 Å². The van der Waals surface area contributed by atoms with Crippen LogP contribution in [0.25, 0.3) is 0 Å². The number of pyridine rings is 1. The van der Waals surface area contributed by atoms with Gasteiger partial charge >= 0.3 is 6.18 Å². The van der Waals surface area contributed by atoms with Crippen molar-refractivity contribution in [1.29, 1.82) is 0 Å². The topological polar surface area (TPSA) is 38.9 Å². The summed E-state index contributed by atoms with van der Waals surface area (Å²) in [5.74, 6) is 0. The lowest BCUT2D eigenvalue weighted by Gasteiger charge is -2.11. The minimum atomic E-state index is -4.35. The lowest BCUT2D eigenvalue weighted by atomic mass is 10.0. The summed E-state index contributed by atoms with van der Waals surface area (Å²) < 4.78 is 37.8. The molecular weight excluding hydrogens is 241 g/mol. The van der Waals surface area contributed by atoms with Crippen molar-refractivity contribution < 1.29 is 13.2 Å². The number of rotatable bonds is 2. The van der Waals surface area contributed by atoms with Gasteiger partial charge in [0, 0.05) is 24.5 Å². The van der Waals surface area contributed by atoms with Gasteiger partial charge in [-0.05, 0) is 35.4 Å². The van der Waals surface area contributed by atoms with Crippen LogP contribution in [0.15, 0.2) is 42.7 Å². The number of aromatic nitrogens is 1. The molecule has 1 aromatic carbocycles. The van der Waals surface area contributed by atoms with Crippen LogP contribution in [0.4, 0.5) is 18.9 Å². The predicted molar refractivity (Wildman–Crippen MR) is 62.9 cm³/mol. The summed E-state index contributed by atoms with van der Waals surface area (Å²) in [5.41, 5.74) is 6.64. The van der Waals surface area contributed by atoms with E-state index in [1.807, 2.05) is 0 Å². The molecule has 1 aromatic heterocycles. The summed E-state index contributed by atoms with van der Waals surface area (Å²) in [6, 6.07) is 6.89.